The highest BCUT2D eigenvalue weighted by atomic mass is 16.6. The Labute approximate surface area is 226 Å². The lowest BCUT2D eigenvalue weighted by Crippen LogP contribution is -2.56. The summed E-state index contributed by atoms with van der Waals surface area (Å²) in [5.41, 5.74) is 4.39. The molecule has 3 N–H and O–H groups in total. The molecule has 0 saturated heterocycles. The maximum absolute atomic E-state index is 14.0. The topological polar surface area (TPSA) is 108 Å². The SMILES string of the molecule is CCC(C)N(C(=O)C(CO)NC(=O)OC(C)(C)C)C(C(=O)Nc1c(C)cccc1C)c1ccc(C)c(C)c1. The maximum Gasteiger partial charge on any atom is 0.408 e. The normalized spacial score (nSPS) is 13.7. The standard InChI is InChI=1S/C30H43N3O5/c1-10-22(6)33(28(36)24(17-34)31-29(37)38-30(7,8)9)26(23-15-14-18(2)21(5)16-23)27(35)32-25-19(3)12-11-13-20(25)4/h11-16,22,24,26,34H,10,17H2,1-9H3,(H,31,37)(H,32,35). The van der Waals surface area contributed by atoms with Gasteiger partial charge in [-0.25, -0.2) is 4.79 Å². The number of aliphatic hydroxyl groups excluding tert-OH is 1. The summed E-state index contributed by atoms with van der Waals surface area (Å²) >= 11 is 0. The number of carbonyl (C=O) groups excluding carboxylic acids is 3. The van der Waals surface area contributed by atoms with Crippen LogP contribution in [0.3, 0.4) is 0 Å². The fraction of sp³-hybridized carbons (Fsp3) is 0.500. The number of para-hydroxylation sites is 1. The van der Waals surface area contributed by atoms with Gasteiger partial charge in [-0.2, -0.15) is 0 Å². The predicted octanol–water partition coefficient (Wildman–Crippen LogP) is 5.11. The molecular weight excluding hydrogens is 482 g/mol. The van der Waals surface area contributed by atoms with Crippen molar-refractivity contribution in [3.8, 4) is 0 Å². The van der Waals surface area contributed by atoms with Gasteiger partial charge < -0.3 is 25.4 Å². The van der Waals surface area contributed by atoms with Crippen molar-refractivity contribution in [2.45, 2.75) is 92.5 Å². The Morgan fingerprint density at radius 3 is 2.08 bits per heavy atom. The summed E-state index contributed by atoms with van der Waals surface area (Å²) in [5, 5.41) is 15.6. The lowest BCUT2D eigenvalue weighted by Gasteiger charge is -2.38. The number of hydrogen-bond acceptors (Lipinski definition) is 5. The summed E-state index contributed by atoms with van der Waals surface area (Å²) in [6, 6.07) is 8.74. The molecule has 3 unspecified atom stereocenters. The summed E-state index contributed by atoms with van der Waals surface area (Å²) in [6.07, 6.45) is -0.273. The van der Waals surface area contributed by atoms with Crippen LogP contribution in [0.2, 0.25) is 0 Å². The molecule has 3 amide bonds. The first kappa shape index (κ1) is 30.8. The molecule has 0 saturated carbocycles. The Balaban J connectivity index is 2.59. The average Bonchev–Trinajstić information content (AvgIpc) is 2.83. The van der Waals surface area contributed by atoms with E-state index in [1.54, 1.807) is 20.8 Å². The predicted molar refractivity (Wildman–Crippen MR) is 150 cm³/mol. The highest BCUT2D eigenvalue weighted by Crippen LogP contribution is 2.30. The summed E-state index contributed by atoms with van der Waals surface area (Å²) in [5.74, 6) is -0.958. The third-order valence-corrected chi connectivity index (χ3v) is 6.59. The van der Waals surface area contributed by atoms with Gasteiger partial charge >= 0.3 is 6.09 Å². The number of aryl methyl sites for hydroxylation is 4. The van der Waals surface area contributed by atoms with Crippen molar-refractivity contribution in [3.63, 3.8) is 0 Å². The number of hydrogen-bond donors (Lipinski definition) is 3. The molecule has 208 valence electrons. The van der Waals surface area contributed by atoms with Crippen LogP contribution in [0.1, 0.15) is 74.9 Å². The minimum absolute atomic E-state index is 0.381. The van der Waals surface area contributed by atoms with Crippen molar-refractivity contribution in [2.75, 3.05) is 11.9 Å². The van der Waals surface area contributed by atoms with Gasteiger partial charge in [-0.3, -0.25) is 9.59 Å². The van der Waals surface area contributed by atoms with E-state index >= 15 is 0 Å². The number of nitrogens with zero attached hydrogens (tertiary/aromatic N) is 1. The zero-order valence-electron chi connectivity index (χ0n) is 24.1. The Hall–Kier alpha value is -3.39. The number of alkyl carbamates (subject to hydrolysis) is 1. The van der Waals surface area contributed by atoms with Crippen LogP contribution in [0.15, 0.2) is 36.4 Å². The fourth-order valence-electron chi connectivity index (χ4n) is 4.19. The largest absolute Gasteiger partial charge is 0.444 e. The van der Waals surface area contributed by atoms with Crippen molar-refractivity contribution >= 4 is 23.6 Å². The van der Waals surface area contributed by atoms with Crippen molar-refractivity contribution < 1.29 is 24.2 Å². The first-order chi connectivity index (χ1) is 17.7. The molecule has 0 fully saturated rings. The highest BCUT2D eigenvalue weighted by molar-refractivity contribution is 6.00. The van der Waals surface area contributed by atoms with Gasteiger partial charge in [0.25, 0.3) is 5.91 Å². The molecule has 8 heteroatoms. The summed E-state index contributed by atoms with van der Waals surface area (Å²) in [4.78, 5) is 41.9. The molecule has 0 spiro atoms. The molecule has 2 aromatic carbocycles. The zero-order valence-corrected chi connectivity index (χ0v) is 24.1. The number of nitrogens with one attached hydrogen (secondary N) is 2. The van der Waals surface area contributed by atoms with Crippen LogP contribution < -0.4 is 10.6 Å². The minimum atomic E-state index is -1.29. The van der Waals surface area contributed by atoms with E-state index in [1.807, 2.05) is 77.9 Å². The lowest BCUT2D eigenvalue weighted by molar-refractivity contribution is -0.144. The molecule has 0 heterocycles. The van der Waals surface area contributed by atoms with Crippen LogP contribution in [-0.2, 0) is 14.3 Å². The molecule has 0 radical (unpaired) electrons. The van der Waals surface area contributed by atoms with Crippen molar-refractivity contribution in [1.29, 1.82) is 0 Å². The molecule has 0 aliphatic carbocycles. The number of aliphatic hydroxyl groups is 1. The molecule has 3 atom stereocenters. The van der Waals surface area contributed by atoms with Crippen LogP contribution in [0.4, 0.5) is 10.5 Å². The molecule has 2 aromatic rings. The number of amides is 3. The highest BCUT2D eigenvalue weighted by Gasteiger charge is 2.38. The van der Waals surface area contributed by atoms with E-state index in [-0.39, 0.29) is 11.9 Å². The summed E-state index contributed by atoms with van der Waals surface area (Å²) in [6.45, 7) is 16.0. The van der Waals surface area contributed by atoms with Gasteiger partial charge in [-0.05, 0) is 89.6 Å². The number of benzene rings is 2. The Morgan fingerprint density at radius 2 is 1.58 bits per heavy atom. The third-order valence-electron chi connectivity index (χ3n) is 6.59. The second-order valence-electron chi connectivity index (χ2n) is 10.9. The van der Waals surface area contributed by atoms with E-state index < -0.39 is 36.3 Å². The Morgan fingerprint density at radius 1 is 0.974 bits per heavy atom. The number of anilines is 1. The molecule has 8 nitrogen and oxygen atoms in total. The second-order valence-corrected chi connectivity index (χ2v) is 10.9. The van der Waals surface area contributed by atoms with Gasteiger partial charge in [0.2, 0.25) is 5.91 Å². The lowest BCUT2D eigenvalue weighted by atomic mass is 9.96. The van der Waals surface area contributed by atoms with Crippen LogP contribution in [0.5, 0.6) is 0 Å². The molecule has 2 rings (SSSR count). The van der Waals surface area contributed by atoms with Crippen LogP contribution in [0, 0.1) is 27.7 Å². The van der Waals surface area contributed by atoms with Gasteiger partial charge in [-0.1, -0.05) is 43.3 Å². The monoisotopic (exact) mass is 525 g/mol. The molecule has 0 bridgehead atoms. The van der Waals surface area contributed by atoms with E-state index in [0.717, 1.165) is 22.3 Å². The minimum Gasteiger partial charge on any atom is -0.444 e. The molecule has 38 heavy (non-hydrogen) atoms. The number of carbonyl (C=O) groups is 3. The van der Waals surface area contributed by atoms with Crippen LogP contribution in [-0.4, -0.2) is 52.2 Å². The van der Waals surface area contributed by atoms with Crippen LogP contribution in [0.25, 0.3) is 0 Å². The summed E-state index contributed by atoms with van der Waals surface area (Å²) in [7, 11) is 0. The summed E-state index contributed by atoms with van der Waals surface area (Å²) < 4.78 is 5.30. The Kier molecular flexibility index (Phi) is 10.5. The molecule has 0 aliphatic rings. The van der Waals surface area contributed by atoms with E-state index in [2.05, 4.69) is 10.6 Å². The maximum atomic E-state index is 14.0. The van der Waals surface area contributed by atoms with Crippen molar-refractivity contribution in [3.05, 3.63) is 64.2 Å². The zero-order chi connectivity index (χ0) is 28.8. The van der Waals surface area contributed by atoms with Gasteiger partial charge in [0.15, 0.2) is 0 Å². The number of ether oxygens (including phenoxy) is 1. The first-order valence-corrected chi connectivity index (χ1v) is 13.1. The van der Waals surface area contributed by atoms with Crippen LogP contribution >= 0.6 is 0 Å². The quantitative estimate of drug-likeness (QED) is 0.422. The molecule has 0 aromatic heterocycles. The molecular formula is C30H43N3O5. The van der Waals surface area contributed by atoms with E-state index in [9.17, 15) is 19.5 Å². The number of rotatable bonds is 9. The second kappa shape index (κ2) is 12.9. The third kappa shape index (κ3) is 7.81. The van der Waals surface area contributed by atoms with E-state index in [4.69, 9.17) is 4.74 Å². The average molecular weight is 526 g/mol. The van der Waals surface area contributed by atoms with Gasteiger partial charge in [0, 0.05) is 11.7 Å². The first-order valence-electron chi connectivity index (χ1n) is 13.1. The van der Waals surface area contributed by atoms with Gasteiger partial charge in [-0.15, -0.1) is 0 Å². The van der Waals surface area contributed by atoms with Crippen molar-refractivity contribution in [1.82, 2.24) is 10.2 Å². The Bertz CT molecular complexity index is 1130. The van der Waals surface area contributed by atoms with Crippen molar-refractivity contribution in [2.24, 2.45) is 0 Å². The molecule has 0 aliphatic heterocycles. The van der Waals surface area contributed by atoms with E-state index in [0.29, 0.717) is 17.7 Å². The fourth-order valence-corrected chi connectivity index (χ4v) is 4.19. The van der Waals surface area contributed by atoms with Gasteiger partial charge in [0.1, 0.15) is 17.7 Å². The van der Waals surface area contributed by atoms with E-state index in [1.165, 1.54) is 4.90 Å². The van der Waals surface area contributed by atoms with Gasteiger partial charge in [0.05, 0.1) is 6.61 Å². The smallest absolute Gasteiger partial charge is 0.408 e.